The van der Waals surface area contributed by atoms with Crippen molar-refractivity contribution in [3.63, 3.8) is 0 Å². The number of aromatic nitrogens is 2. The summed E-state index contributed by atoms with van der Waals surface area (Å²) in [7, 11) is 1.68. The van der Waals surface area contributed by atoms with E-state index in [1.54, 1.807) is 7.11 Å². The highest BCUT2D eigenvalue weighted by Gasteiger charge is 2.10. The zero-order valence-electron chi connectivity index (χ0n) is 12.4. The topological polar surface area (TPSA) is 47.1 Å². The number of pyridine rings is 1. The van der Waals surface area contributed by atoms with Crippen molar-refractivity contribution in [2.45, 2.75) is 20.5 Å². The number of aryl methyl sites for hydroxylation is 1. The van der Waals surface area contributed by atoms with Crippen molar-refractivity contribution in [3.8, 4) is 11.5 Å². The third-order valence-electron chi connectivity index (χ3n) is 3.65. The van der Waals surface area contributed by atoms with Gasteiger partial charge in [-0.25, -0.2) is 0 Å². The van der Waals surface area contributed by atoms with Crippen LogP contribution in [-0.4, -0.2) is 17.1 Å². The Hall–Kier alpha value is -2.49. The molecule has 3 rings (SSSR count). The fourth-order valence-corrected chi connectivity index (χ4v) is 2.49. The summed E-state index contributed by atoms with van der Waals surface area (Å²) < 4.78 is 11.3. The number of nitrogens with zero attached hydrogens (tertiary/aromatic N) is 1. The van der Waals surface area contributed by atoms with E-state index in [1.165, 1.54) is 0 Å². The molecule has 0 aliphatic carbocycles. The van der Waals surface area contributed by atoms with Crippen molar-refractivity contribution in [3.05, 3.63) is 53.5 Å². The Morgan fingerprint density at radius 1 is 1.19 bits per heavy atom. The molecular weight excluding hydrogens is 264 g/mol. The first-order valence-corrected chi connectivity index (χ1v) is 6.88. The summed E-state index contributed by atoms with van der Waals surface area (Å²) in [6, 6.07) is 8.02. The van der Waals surface area contributed by atoms with Gasteiger partial charge in [-0.15, -0.1) is 0 Å². The second-order valence-corrected chi connectivity index (χ2v) is 5.06. The Bertz CT molecular complexity index is 778. The lowest BCUT2D eigenvalue weighted by Gasteiger charge is -2.13. The van der Waals surface area contributed by atoms with E-state index >= 15 is 0 Å². The van der Waals surface area contributed by atoms with E-state index in [0.29, 0.717) is 6.61 Å². The summed E-state index contributed by atoms with van der Waals surface area (Å²) in [5.41, 5.74) is 4.06. The number of hydrogen-bond acceptors (Lipinski definition) is 3. The van der Waals surface area contributed by atoms with Crippen LogP contribution in [0.25, 0.3) is 10.9 Å². The molecule has 1 N–H and O–H groups in total. The molecule has 0 bridgehead atoms. The van der Waals surface area contributed by atoms with Crippen LogP contribution >= 0.6 is 0 Å². The molecule has 0 fully saturated rings. The molecule has 4 nitrogen and oxygen atoms in total. The molecule has 3 aromatic rings. The van der Waals surface area contributed by atoms with Crippen LogP contribution in [0.3, 0.4) is 0 Å². The molecule has 0 radical (unpaired) electrons. The minimum atomic E-state index is 0.429. The minimum Gasteiger partial charge on any atom is -0.496 e. The van der Waals surface area contributed by atoms with Crippen LogP contribution in [0.15, 0.2) is 36.7 Å². The maximum absolute atomic E-state index is 5.86. The molecule has 1 aromatic carbocycles. The molecule has 0 aliphatic rings. The van der Waals surface area contributed by atoms with Gasteiger partial charge >= 0.3 is 0 Å². The molecule has 0 unspecified atom stereocenters. The maximum Gasteiger partial charge on any atom is 0.131 e. The lowest BCUT2D eigenvalue weighted by atomic mass is 10.1. The highest BCUT2D eigenvalue weighted by molar-refractivity contribution is 5.80. The standard InChI is InChI=1S/C17H18N2O2/c1-11-9-19-16(12(2)17(11)20-3)10-21-14-4-5-15-13(8-14)6-7-18-15/h4-9,18H,10H2,1-3H3. The second-order valence-electron chi connectivity index (χ2n) is 5.06. The zero-order valence-corrected chi connectivity index (χ0v) is 12.4. The number of hydrogen-bond donors (Lipinski definition) is 1. The molecule has 0 amide bonds. The summed E-state index contributed by atoms with van der Waals surface area (Å²) in [6.45, 7) is 4.43. The molecule has 0 saturated carbocycles. The molecule has 0 aliphatic heterocycles. The molecule has 0 atom stereocenters. The molecule has 2 aromatic heterocycles. The van der Waals surface area contributed by atoms with Crippen molar-refractivity contribution in [1.29, 1.82) is 0 Å². The van der Waals surface area contributed by atoms with Crippen LogP contribution in [-0.2, 0) is 6.61 Å². The summed E-state index contributed by atoms with van der Waals surface area (Å²) in [6.07, 6.45) is 3.74. The lowest BCUT2D eigenvalue weighted by Crippen LogP contribution is -2.04. The number of fused-ring (bicyclic) bond motifs is 1. The number of nitrogens with one attached hydrogen (secondary N) is 1. The predicted molar refractivity (Wildman–Crippen MR) is 82.9 cm³/mol. The molecule has 21 heavy (non-hydrogen) atoms. The number of rotatable bonds is 4. The van der Waals surface area contributed by atoms with Gasteiger partial charge in [0.25, 0.3) is 0 Å². The van der Waals surface area contributed by atoms with Gasteiger partial charge in [0.1, 0.15) is 18.1 Å². The summed E-state index contributed by atoms with van der Waals surface area (Å²) in [5, 5.41) is 1.14. The van der Waals surface area contributed by atoms with E-state index in [1.807, 2.05) is 50.5 Å². The second kappa shape index (κ2) is 5.48. The molecule has 108 valence electrons. The molecule has 0 spiro atoms. The van der Waals surface area contributed by atoms with E-state index in [4.69, 9.17) is 9.47 Å². The summed E-state index contributed by atoms with van der Waals surface area (Å²) >= 11 is 0. The number of aromatic amines is 1. The van der Waals surface area contributed by atoms with Crippen molar-refractivity contribution >= 4 is 10.9 Å². The SMILES string of the molecule is COc1c(C)cnc(COc2ccc3[nH]ccc3c2)c1C. The highest BCUT2D eigenvalue weighted by Crippen LogP contribution is 2.25. The van der Waals surface area contributed by atoms with E-state index < -0.39 is 0 Å². The predicted octanol–water partition coefficient (Wildman–Crippen LogP) is 3.77. The average molecular weight is 282 g/mol. The molecule has 4 heteroatoms. The fraction of sp³-hybridized carbons (Fsp3) is 0.235. The maximum atomic E-state index is 5.86. The van der Waals surface area contributed by atoms with Gasteiger partial charge in [-0.05, 0) is 38.1 Å². The number of methoxy groups -OCH3 is 1. The Balaban J connectivity index is 1.81. The van der Waals surface area contributed by atoms with Gasteiger partial charge in [-0.3, -0.25) is 4.98 Å². The number of H-pyrrole nitrogens is 1. The van der Waals surface area contributed by atoms with Gasteiger partial charge in [0, 0.05) is 34.4 Å². The zero-order chi connectivity index (χ0) is 14.8. The Morgan fingerprint density at radius 3 is 2.86 bits per heavy atom. The van der Waals surface area contributed by atoms with Crippen LogP contribution < -0.4 is 9.47 Å². The van der Waals surface area contributed by atoms with Gasteiger partial charge in [0.15, 0.2) is 0 Å². The third-order valence-corrected chi connectivity index (χ3v) is 3.65. The van der Waals surface area contributed by atoms with Crippen LogP contribution in [0.2, 0.25) is 0 Å². The first-order valence-electron chi connectivity index (χ1n) is 6.88. The van der Waals surface area contributed by atoms with Crippen molar-refractivity contribution in [1.82, 2.24) is 9.97 Å². The van der Waals surface area contributed by atoms with Crippen LogP contribution in [0, 0.1) is 13.8 Å². The largest absolute Gasteiger partial charge is 0.496 e. The smallest absolute Gasteiger partial charge is 0.131 e. The molecular formula is C17H18N2O2. The van der Waals surface area contributed by atoms with E-state index in [0.717, 1.165) is 39.2 Å². The molecule has 0 saturated heterocycles. The van der Waals surface area contributed by atoms with E-state index in [-0.39, 0.29) is 0 Å². The van der Waals surface area contributed by atoms with Crippen LogP contribution in [0.5, 0.6) is 11.5 Å². The van der Waals surface area contributed by atoms with Gasteiger partial charge in [0.2, 0.25) is 0 Å². The quantitative estimate of drug-likeness (QED) is 0.792. The monoisotopic (exact) mass is 282 g/mol. The third kappa shape index (κ3) is 2.57. The Morgan fingerprint density at radius 2 is 2.05 bits per heavy atom. The summed E-state index contributed by atoms with van der Waals surface area (Å²) in [4.78, 5) is 7.61. The van der Waals surface area contributed by atoms with Gasteiger partial charge in [0.05, 0.1) is 12.8 Å². The van der Waals surface area contributed by atoms with Crippen molar-refractivity contribution in [2.24, 2.45) is 0 Å². The average Bonchev–Trinajstić information content (AvgIpc) is 2.94. The molecule has 2 heterocycles. The van der Waals surface area contributed by atoms with Gasteiger partial charge in [-0.2, -0.15) is 0 Å². The van der Waals surface area contributed by atoms with Crippen molar-refractivity contribution in [2.75, 3.05) is 7.11 Å². The fourth-order valence-electron chi connectivity index (χ4n) is 2.49. The van der Waals surface area contributed by atoms with Gasteiger partial charge in [-0.1, -0.05) is 0 Å². The minimum absolute atomic E-state index is 0.429. The van der Waals surface area contributed by atoms with Crippen LogP contribution in [0.1, 0.15) is 16.8 Å². The Kier molecular flexibility index (Phi) is 3.52. The normalized spacial score (nSPS) is 10.8. The first kappa shape index (κ1) is 13.5. The first-order chi connectivity index (χ1) is 10.2. The summed E-state index contributed by atoms with van der Waals surface area (Å²) in [5.74, 6) is 1.72. The van der Waals surface area contributed by atoms with Crippen molar-refractivity contribution < 1.29 is 9.47 Å². The van der Waals surface area contributed by atoms with E-state index in [9.17, 15) is 0 Å². The lowest BCUT2D eigenvalue weighted by molar-refractivity contribution is 0.299. The Labute approximate surface area is 123 Å². The highest BCUT2D eigenvalue weighted by atomic mass is 16.5. The van der Waals surface area contributed by atoms with E-state index in [2.05, 4.69) is 9.97 Å². The van der Waals surface area contributed by atoms with Gasteiger partial charge < -0.3 is 14.5 Å². The number of benzene rings is 1. The van der Waals surface area contributed by atoms with Crippen LogP contribution in [0.4, 0.5) is 0 Å². The number of ether oxygens (including phenoxy) is 2.